The van der Waals surface area contributed by atoms with Crippen LogP contribution in [0.4, 0.5) is 0 Å². The predicted molar refractivity (Wildman–Crippen MR) is 147 cm³/mol. The molecule has 5 rings (SSSR count). The average Bonchev–Trinajstić information content (AvgIpc) is 3.52. The van der Waals surface area contributed by atoms with Crippen molar-refractivity contribution in [2.75, 3.05) is 39.3 Å². The van der Waals surface area contributed by atoms with Crippen molar-refractivity contribution in [1.29, 1.82) is 5.26 Å². The van der Waals surface area contributed by atoms with E-state index in [1.165, 1.54) is 37.2 Å². The molecule has 0 bridgehead atoms. The van der Waals surface area contributed by atoms with Crippen molar-refractivity contribution in [1.82, 2.24) is 24.3 Å². The third-order valence-electron chi connectivity index (χ3n) is 7.65. The van der Waals surface area contributed by atoms with Gasteiger partial charge in [0.2, 0.25) is 5.82 Å². The predicted octanol–water partition coefficient (Wildman–Crippen LogP) is 5.20. The molecular formula is C30H40N6O. The second-order valence-electron chi connectivity index (χ2n) is 11.9. The van der Waals surface area contributed by atoms with Crippen LogP contribution in [0.15, 0.2) is 36.5 Å². The number of likely N-dealkylation sites (tertiary alicyclic amines) is 2. The number of hydrogen-bond acceptors (Lipinski definition) is 6. The minimum atomic E-state index is 0.101. The maximum Gasteiger partial charge on any atom is 0.234 e. The molecule has 2 aliphatic heterocycles. The van der Waals surface area contributed by atoms with Crippen molar-refractivity contribution < 1.29 is 4.74 Å². The molecule has 2 fully saturated rings. The smallest absolute Gasteiger partial charge is 0.234 e. The Bertz CT molecular complexity index is 1240. The van der Waals surface area contributed by atoms with Crippen LogP contribution in [-0.2, 0) is 13.1 Å². The summed E-state index contributed by atoms with van der Waals surface area (Å²) in [5.74, 6) is 1.83. The number of ether oxygens (including phenoxy) is 1. The third kappa shape index (κ3) is 6.31. The SMILES string of the molecule is CC(C)(C)Cn1c(CN2CCC(c3ccccc3OCCN3CCCC3)CC2)cc2cnc(C#N)nc21. The van der Waals surface area contributed by atoms with E-state index in [4.69, 9.17) is 4.74 Å². The summed E-state index contributed by atoms with van der Waals surface area (Å²) in [4.78, 5) is 13.8. The van der Waals surface area contributed by atoms with Gasteiger partial charge in [-0.25, -0.2) is 9.97 Å². The van der Waals surface area contributed by atoms with E-state index in [0.29, 0.717) is 5.92 Å². The fourth-order valence-electron chi connectivity index (χ4n) is 5.80. The Labute approximate surface area is 221 Å². The Kier molecular flexibility index (Phi) is 7.78. The molecule has 4 heterocycles. The maximum atomic E-state index is 9.32. The zero-order chi connectivity index (χ0) is 25.8. The van der Waals surface area contributed by atoms with Crippen LogP contribution in [0.3, 0.4) is 0 Å². The Balaban J connectivity index is 1.24. The summed E-state index contributed by atoms with van der Waals surface area (Å²) >= 11 is 0. The lowest BCUT2D eigenvalue weighted by Crippen LogP contribution is -2.33. The van der Waals surface area contributed by atoms with Crippen LogP contribution < -0.4 is 4.74 Å². The van der Waals surface area contributed by atoms with Crippen molar-refractivity contribution >= 4 is 11.0 Å². The Morgan fingerprint density at radius 3 is 2.54 bits per heavy atom. The molecular weight excluding hydrogens is 460 g/mol. The van der Waals surface area contributed by atoms with Gasteiger partial charge in [-0.1, -0.05) is 39.0 Å². The van der Waals surface area contributed by atoms with E-state index in [-0.39, 0.29) is 11.2 Å². The number of rotatable bonds is 8. The van der Waals surface area contributed by atoms with E-state index >= 15 is 0 Å². The largest absolute Gasteiger partial charge is 0.492 e. The maximum absolute atomic E-state index is 9.32. The quantitative estimate of drug-likeness (QED) is 0.423. The highest BCUT2D eigenvalue weighted by Gasteiger charge is 2.25. The molecule has 0 unspecified atom stereocenters. The lowest BCUT2D eigenvalue weighted by atomic mass is 9.88. The number of benzene rings is 1. The molecule has 37 heavy (non-hydrogen) atoms. The molecule has 0 amide bonds. The molecule has 1 aromatic carbocycles. The standard InChI is InChI=1S/C30H40N6O/c1-30(2,3)22-36-25(18-24-20-32-28(19-31)33-29(24)36)21-35-14-10-23(11-15-35)26-8-4-5-9-27(26)37-17-16-34-12-6-7-13-34/h4-5,8-9,18,20,23H,6-7,10-17,21-22H2,1-3H3. The molecule has 0 saturated carbocycles. The average molecular weight is 501 g/mol. The molecule has 0 spiro atoms. The van der Waals surface area contributed by atoms with E-state index < -0.39 is 0 Å². The number of fused-ring (bicyclic) bond motifs is 1. The molecule has 2 aromatic heterocycles. The van der Waals surface area contributed by atoms with E-state index in [2.05, 4.69) is 81.5 Å². The first-order valence-corrected chi connectivity index (χ1v) is 13.8. The molecule has 0 atom stereocenters. The molecule has 2 saturated heterocycles. The summed E-state index contributed by atoms with van der Waals surface area (Å²) in [6.45, 7) is 14.8. The second-order valence-corrected chi connectivity index (χ2v) is 11.9. The van der Waals surface area contributed by atoms with Gasteiger partial charge < -0.3 is 9.30 Å². The highest BCUT2D eigenvalue weighted by Crippen LogP contribution is 2.35. The lowest BCUT2D eigenvalue weighted by Gasteiger charge is -2.33. The number of nitriles is 1. The highest BCUT2D eigenvalue weighted by atomic mass is 16.5. The molecule has 0 radical (unpaired) electrons. The van der Waals surface area contributed by atoms with Crippen molar-refractivity contribution in [2.45, 2.75) is 65.5 Å². The number of aromatic nitrogens is 3. The second kappa shape index (κ2) is 11.2. The van der Waals surface area contributed by atoms with Crippen LogP contribution in [0, 0.1) is 16.7 Å². The Morgan fingerprint density at radius 1 is 1.05 bits per heavy atom. The first-order valence-electron chi connectivity index (χ1n) is 13.8. The number of hydrogen-bond donors (Lipinski definition) is 0. The normalized spacial score (nSPS) is 17.9. The molecule has 2 aliphatic rings. The summed E-state index contributed by atoms with van der Waals surface area (Å²) in [5, 5.41) is 10.3. The molecule has 7 heteroatoms. The number of nitrogens with zero attached hydrogens (tertiary/aromatic N) is 6. The Hall–Kier alpha value is -2.95. The lowest BCUT2D eigenvalue weighted by molar-refractivity contribution is 0.194. The van der Waals surface area contributed by atoms with Crippen LogP contribution in [-0.4, -0.2) is 63.7 Å². The number of para-hydroxylation sites is 1. The van der Waals surface area contributed by atoms with Crippen LogP contribution in [0.2, 0.25) is 0 Å². The van der Waals surface area contributed by atoms with Crippen molar-refractivity contribution in [3.05, 3.63) is 53.6 Å². The van der Waals surface area contributed by atoms with Crippen molar-refractivity contribution in [2.24, 2.45) is 5.41 Å². The minimum Gasteiger partial charge on any atom is -0.492 e. The van der Waals surface area contributed by atoms with Gasteiger partial charge >= 0.3 is 0 Å². The zero-order valence-electron chi connectivity index (χ0n) is 22.6. The molecule has 0 N–H and O–H groups in total. The van der Waals surface area contributed by atoms with Gasteiger partial charge in [-0.3, -0.25) is 9.80 Å². The summed E-state index contributed by atoms with van der Waals surface area (Å²) in [6.07, 6.45) is 6.69. The van der Waals surface area contributed by atoms with Gasteiger partial charge in [0.05, 0.1) is 0 Å². The minimum absolute atomic E-state index is 0.101. The number of piperidine rings is 1. The van der Waals surface area contributed by atoms with E-state index in [1.54, 1.807) is 6.20 Å². The van der Waals surface area contributed by atoms with Crippen molar-refractivity contribution in [3.63, 3.8) is 0 Å². The van der Waals surface area contributed by atoms with Crippen molar-refractivity contribution in [3.8, 4) is 11.8 Å². The molecule has 0 aliphatic carbocycles. The fourth-order valence-corrected chi connectivity index (χ4v) is 5.80. The fraction of sp³-hybridized carbons (Fsp3) is 0.567. The van der Waals surface area contributed by atoms with Gasteiger partial charge in [-0.05, 0) is 80.9 Å². The van der Waals surface area contributed by atoms with E-state index in [9.17, 15) is 5.26 Å². The summed E-state index contributed by atoms with van der Waals surface area (Å²) in [6, 6.07) is 13.0. The Morgan fingerprint density at radius 2 is 1.81 bits per heavy atom. The summed E-state index contributed by atoms with van der Waals surface area (Å²) in [5.41, 5.74) is 3.58. The molecule has 3 aromatic rings. The molecule has 196 valence electrons. The van der Waals surface area contributed by atoms with Crippen LogP contribution in [0.1, 0.15) is 69.5 Å². The van der Waals surface area contributed by atoms with Gasteiger partial charge in [-0.15, -0.1) is 0 Å². The van der Waals surface area contributed by atoms with E-state index in [1.807, 2.05) is 0 Å². The zero-order valence-corrected chi connectivity index (χ0v) is 22.6. The van der Waals surface area contributed by atoms with Crippen LogP contribution in [0.5, 0.6) is 5.75 Å². The van der Waals surface area contributed by atoms with Gasteiger partial charge in [-0.2, -0.15) is 5.26 Å². The molecule has 7 nitrogen and oxygen atoms in total. The first-order chi connectivity index (χ1) is 17.9. The first kappa shape index (κ1) is 25.7. The van der Waals surface area contributed by atoms with Crippen LogP contribution >= 0.6 is 0 Å². The van der Waals surface area contributed by atoms with E-state index in [0.717, 1.165) is 69.0 Å². The highest BCUT2D eigenvalue weighted by molar-refractivity contribution is 5.77. The monoisotopic (exact) mass is 500 g/mol. The summed E-state index contributed by atoms with van der Waals surface area (Å²) in [7, 11) is 0. The van der Waals surface area contributed by atoms with Gasteiger partial charge in [0, 0.05) is 36.9 Å². The topological polar surface area (TPSA) is 70.2 Å². The van der Waals surface area contributed by atoms with Gasteiger partial charge in [0.1, 0.15) is 24.1 Å². The van der Waals surface area contributed by atoms with Gasteiger partial charge in [0.25, 0.3) is 0 Å². The third-order valence-corrected chi connectivity index (χ3v) is 7.65. The summed E-state index contributed by atoms with van der Waals surface area (Å²) < 4.78 is 8.59. The van der Waals surface area contributed by atoms with Gasteiger partial charge in [0.15, 0.2) is 0 Å². The van der Waals surface area contributed by atoms with Crippen LogP contribution in [0.25, 0.3) is 11.0 Å².